The van der Waals surface area contributed by atoms with Crippen LogP contribution in [0.3, 0.4) is 0 Å². The Kier molecular flexibility index (Phi) is 6.30. The minimum absolute atomic E-state index is 0.737. The predicted molar refractivity (Wildman–Crippen MR) is 79.0 cm³/mol. The van der Waals surface area contributed by atoms with E-state index in [0.717, 1.165) is 48.2 Å². The molecule has 0 amide bonds. The zero-order chi connectivity index (χ0) is 13.5. The Morgan fingerprint density at radius 3 is 2.50 bits per heavy atom. The fourth-order valence-corrected chi connectivity index (χ4v) is 2.01. The van der Waals surface area contributed by atoms with Crippen molar-refractivity contribution in [3.8, 4) is 5.75 Å². The second-order valence-electron chi connectivity index (χ2n) is 4.26. The molecule has 102 valence electrons. The number of hydrogen-bond donors (Lipinski definition) is 1. The molecule has 1 N–H and O–H groups in total. The van der Waals surface area contributed by atoms with E-state index in [1.807, 2.05) is 19.1 Å². The number of likely N-dealkylation sites (N-methyl/N-ethyl adjacent to an activating group) is 1. The van der Waals surface area contributed by atoms with Gasteiger partial charge in [0.15, 0.2) is 0 Å². The number of methoxy groups -OCH3 is 1. The quantitative estimate of drug-likeness (QED) is 0.822. The minimum atomic E-state index is 0.737. The lowest BCUT2D eigenvalue weighted by atomic mass is 10.2. The number of ether oxygens (including phenoxy) is 1. The maximum Gasteiger partial charge on any atom is 0.143 e. The summed E-state index contributed by atoms with van der Waals surface area (Å²) in [5.74, 6) is 0.796. The molecule has 0 saturated heterocycles. The number of benzene rings is 1. The summed E-state index contributed by atoms with van der Waals surface area (Å²) in [6.07, 6.45) is 0. The van der Waals surface area contributed by atoms with E-state index in [-0.39, 0.29) is 0 Å². The molecular weight excluding hydrogens is 248 g/mol. The number of halogens is 1. The van der Waals surface area contributed by atoms with Crippen LogP contribution in [0.1, 0.15) is 19.4 Å². The highest BCUT2D eigenvalue weighted by atomic mass is 35.5. The van der Waals surface area contributed by atoms with Crippen LogP contribution < -0.4 is 10.1 Å². The maximum absolute atomic E-state index is 6.08. The van der Waals surface area contributed by atoms with Crippen molar-refractivity contribution in [3.63, 3.8) is 0 Å². The van der Waals surface area contributed by atoms with Crippen molar-refractivity contribution in [2.24, 2.45) is 0 Å². The second-order valence-corrected chi connectivity index (χ2v) is 4.66. The third kappa shape index (κ3) is 4.07. The maximum atomic E-state index is 6.08. The van der Waals surface area contributed by atoms with Gasteiger partial charge in [0.05, 0.1) is 12.8 Å². The first kappa shape index (κ1) is 15.1. The number of hydrogen-bond acceptors (Lipinski definition) is 3. The van der Waals surface area contributed by atoms with Gasteiger partial charge in [0, 0.05) is 24.2 Å². The number of anilines is 1. The highest BCUT2D eigenvalue weighted by Gasteiger charge is 2.07. The van der Waals surface area contributed by atoms with Crippen molar-refractivity contribution < 1.29 is 4.74 Å². The van der Waals surface area contributed by atoms with Gasteiger partial charge in [-0.3, -0.25) is 0 Å². The van der Waals surface area contributed by atoms with Gasteiger partial charge in [0.1, 0.15) is 5.75 Å². The molecule has 0 spiro atoms. The van der Waals surface area contributed by atoms with Gasteiger partial charge in [-0.05, 0) is 31.6 Å². The molecule has 0 aliphatic heterocycles. The zero-order valence-corrected chi connectivity index (χ0v) is 12.5. The Labute approximate surface area is 115 Å². The van der Waals surface area contributed by atoms with E-state index in [4.69, 9.17) is 16.3 Å². The molecule has 1 rings (SSSR count). The van der Waals surface area contributed by atoms with Crippen LogP contribution >= 0.6 is 11.6 Å². The van der Waals surface area contributed by atoms with E-state index < -0.39 is 0 Å². The van der Waals surface area contributed by atoms with Gasteiger partial charge >= 0.3 is 0 Å². The van der Waals surface area contributed by atoms with Crippen LogP contribution in [-0.4, -0.2) is 38.2 Å². The summed E-state index contributed by atoms with van der Waals surface area (Å²) >= 11 is 6.08. The molecule has 0 heterocycles. The third-order valence-corrected chi connectivity index (χ3v) is 3.53. The van der Waals surface area contributed by atoms with E-state index in [1.54, 1.807) is 7.11 Å². The standard InChI is InChI=1S/C14H23ClN2O/c1-5-17(6-2)8-7-16-13-9-11(3)12(15)10-14(13)18-4/h9-10,16H,5-8H2,1-4H3. The molecule has 0 fully saturated rings. The molecule has 0 radical (unpaired) electrons. The molecule has 1 aromatic rings. The summed E-state index contributed by atoms with van der Waals surface area (Å²) in [4.78, 5) is 2.38. The van der Waals surface area contributed by atoms with Crippen molar-refractivity contribution in [1.82, 2.24) is 4.90 Å². The Hall–Kier alpha value is -0.930. The highest BCUT2D eigenvalue weighted by Crippen LogP contribution is 2.30. The average Bonchev–Trinajstić information content (AvgIpc) is 2.38. The van der Waals surface area contributed by atoms with Gasteiger partial charge in [-0.1, -0.05) is 25.4 Å². The van der Waals surface area contributed by atoms with Crippen LogP contribution in [0.25, 0.3) is 0 Å². The topological polar surface area (TPSA) is 24.5 Å². The molecule has 4 heteroatoms. The molecule has 18 heavy (non-hydrogen) atoms. The number of rotatable bonds is 7. The fraction of sp³-hybridized carbons (Fsp3) is 0.571. The Morgan fingerprint density at radius 2 is 1.94 bits per heavy atom. The van der Waals surface area contributed by atoms with Crippen molar-refractivity contribution in [2.75, 3.05) is 38.6 Å². The first-order valence-corrected chi connectivity index (χ1v) is 6.80. The molecule has 0 atom stereocenters. The Bertz CT molecular complexity index is 378. The van der Waals surface area contributed by atoms with E-state index in [1.165, 1.54) is 0 Å². The normalized spacial score (nSPS) is 10.8. The van der Waals surface area contributed by atoms with E-state index >= 15 is 0 Å². The number of nitrogens with one attached hydrogen (secondary N) is 1. The lowest BCUT2D eigenvalue weighted by molar-refractivity contribution is 0.316. The Morgan fingerprint density at radius 1 is 1.28 bits per heavy atom. The predicted octanol–water partition coefficient (Wildman–Crippen LogP) is 3.41. The molecule has 1 aromatic carbocycles. The highest BCUT2D eigenvalue weighted by molar-refractivity contribution is 6.31. The molecule has 0 aliphatic carbocycles. The summed E-state index contributed by atoms with van der Waals surface area (Å²) in [5.41, 5.74) is 2.06. The monoisotopic (exact) mass is 270 g/mol. The van der Waals surface area contributed by atoms with Crippen LogP contribution in [-0.2, 0) is 0 Å². The molecular formula is C14H23ClN2O. The van der Waals surface area contributed by atoms with Crippen LogP contribution in [0.2, 0.25) is 5.02 Å². The average molecular weight is 271 g/mol. The van der Waals surface area contributed by atoms with E-state index in [2.05, 4.69) is 24.1 Å². The summed E-state index contributed by atoms with van der Waals surface area (Å²) in [6.45, 7) is 10.4. The summed E-state index contributed by atoms with van der Waals surface area (Å²) in [5, 5.41) is 4.14. The van der Waals surface area contributed by atoms with Crippen molar-refractivity contribution >= 4 is 17.3 Å². The van der Waals surface area contributed by atoms with Crippen molar-refractivity contribution in [3.05, 3.63) is 22.7 Å². The van der Waals surface area contributed by atoms with Gasteiger partial charge in [-0.25, -0.2) is 0 Å². The van der Waals surface area contributed by atoms with Crippen molar-refractivity contribution in [1.29, 1.82) is 0 Å². The minimum Gasteiger partial charge on any atom is -0.495 e. The van der Waals surface area contributed by atoms with Crippen LogP contribution in [0.4, 0.5) is 5.69 Å². The first-order valence-electron chi connectivity index (χ1n) is 6.42. The van der Waals surface area contributed by atoms with Gasteiger partial charge in [0.2, 0.25) is 0 Å². The number of nitrogens with zero attached hydrogens (tertiary/aromatic N) is 1. The molecule has 0 unspecified atom stereocenters. The first-order chi connectivity index (χ1) is 8.62. The molecule has 0 bridgehead atoms. The molecule has 3 nitrogen and oxygen atoms in total. The lowest BCUT2D eigenvalue weighted by Crippen LogP contribution is -2.28. The third-order valence-electron chi connectivity index (χ3n) is 3.12. The number of aryl methyl sites for hydroxylation is 1. The van der Waals surface area contributed by atoms with Gasteiger partial charge < -0.3 is 15.0 Å². The summed E-state index contributed by atoms with van der Waals surface area (Å²) in [6, 6.07) is 3.89. The smallest absolute Gasteiger partial charge is 0.143 e. The Balaban J connectivity index is 2.63. The van der Waals surface area contributed by atoms with Gasteiger partial charge in [-0.15, -0.1) is 0 Å². The summed E-state index contributed by atoms with van der Waals surface area (Å²) in [7, 11) is 1.66. The van der Waals surface area contributed by atoms with E-state index in [0.29, 0.717) is 0 Å². The molecule has 0 aromatic heterocycles. The lowest BCUT2D eigenvalue weighted by Gasteiger charge is -2.19. The van der Waals surface area contributed by atoms with E-state index in [9.17, 15) is 0 Å². The van der Waals surface area contributed by atoms with Crippen molar-refractivity contribution in [2.45, 2.75) is 20.8 Å². The zero-order valence-electron chi connectivity index (χ0n) is 11.7. The van der Waals surface area contributed by atoms with Crippen LogP contribution in [0, 0.1) is 6.92 Å². The molecule has 0 aliphatic rings. The van der Waals surface area contributed by atoms with Gasteiger partial charge in [0.25, 0.3) is 0 Å². The largest absolute Gasteiger partial charge is 0.495 e. The molecule has 0 saturated carbocycles. The van der Waals surface area contributed by atoms with Crippen LogP contribution in [0.5, 0.6) is 5.75 Å². The van der Waals surface area contributed by atoms with Crippen LogP contribution in [0.15, 0.2) is 12.1 Å². The summed E-state index contributed by atoms with van der Waals surface area (Å²) < 4.78 is 5.33. The fourth-order valence-electron chi connectivity index (χ4n) is 1.86. The van der Waals surface area contributed by atoms with Gasteiger partial charge in [-0.2, -0.15) is 0 Å². The second kappa shape index (κ2) is 7.49. The SMILES string of the molecule is CCN(CC)CCNc1cc(C)c(Cl)cc1OC.